The van der Waals surface area contributed by atoms with Gasteiger partial charge in [0.25, 0.3) is 0 Å². The van der Waals surface area contributed by atoms with E-state index in [1.807, 2.05) is 6.07 Å². The van der Waals surface area contributed by atoms with Crippen LogP contribution in [0.1, 0.15) is 12.0 Å². The molecule has 0 spiro atoms. The van der Waals surface area contributed by atoms with Gasteiger partial charge in [-0.3, -0.25) is 4.98 Å². The molecule has 17 heavy (non-hydrogen) atoms. The lowest BCUT2D eigenvalue weighted by Crippen LogP contribution is -2.24. The molecule has 1 rings (SSSR count). The van der Waals surface area contributed by atoms with Crippen molar-refractivity contribution in [2.24, 2.45) is 0 Å². The Bertz CT molecular complexity index is 507. The molecule has 6 nitrogen and oxygen atoms in total. The molecule has 0 aliphatic heterocycles. The van der Waals surface area contributed by atoms with Gasteiger partial charge >= 0.3 is 0 Å². The zero-order valence-corrected chi connectivity index (χ0v) is 10.3. The van der Waals surface area contributed by atoms with Gasteiger partial charge in [0, 0.05) is 19.3 Å². The highest BCUT2D eigenvalue weighted by molar-refractivity contribution is 7.88. The molecule has 2 N–H and O–H groups in total. The van der Waals surface area contributed by atoms with E-state index in [4.69, 9.17) is 5.26 Å². The lowest BCUT2D eigenvalue weighted by Gasteiger charge is -2.07. The van der Waals surface area contributed by atoms with Crippen LogP contribution in [0.3, 0.4) is 0 Å². The van der Waals surface area contributed by atoms with Crippen LogP contribution >= 0.6 is 0 Å². The van der Waals surface area contributed by atoms with Crippen molar-refractivity contribution < 1.29 is 8.42 Å². The predicted molar refractivity (Wildman–Crippen MR) is 64.9 cm³/mol. The standard InChI is InChI=1S/C10H14N4O2S/c1-17(15,16)14-5-2-4-13-10-8-12-6-3-9(10)7-11/h3,6,8,13-14H,2,4-5H2,1H3. The first-order valence-corrected chi connectivity index (χ1v) is 6.94. The van der Waals surface area contributed by atoms with Crippen molar-refractivity contribution >= 4 is 15.7 Å². The minimum absolute atomic E-state index is 0.369. The maximum Gasteiger partial charge on any atom is 0.208 e. The Morgan fingerprint density at radius 3 is 2.88 bits per heavy atom. The van der Waals surface area contributed by atoms with Gasteiger partial charge in [0.2, 0.25) is 10.0 Å². The number of pyridine rings is 1. The van der Waals surface area contributed by atoms with Gasteiger partial charge in [0.1, 0.15) is 6.07 Å². The van der Waals surface area contributed by atoms with Gasteiger partial charge in [0.05, 0.1) is 23.7 Å². The summed E-state index contributed by atoms with van der Waals surface area (Å²) >= 11 is 0. The number of nitrogens with zero attached hydrogens (tertiary/aromatic N) is 2. The first kappa shape index (κ1) is 13.4. The number of hydrogen-bond acceptors (Lipinski definition) is 5. The van der Waals surface area contributed by atoms with E-state index in [2.05, 4.69) is 15.0 Å². The summed E-state index contributed by atoms with van der Waals surface area (Å²) in [6.07, 6.45) is 4.87. The molecule has 0 fully saturated rings. The topological polar surface area (TPSA) is 94.9 Å². The summed E-state index contributed by atoms with van der Waals surface area (Å²) < 4.78 is 23.9. The Hall–Kier alpha value is -1.65. The number of anilines is 1. The molecular formula is C10H14N4O2S. The number of nitrogens with one attached hydrogen (secondary N) is 2. The molecule has 0 bridgehead atoms. The summed E-state index contributed by atoms with van der Waals surface area (Å²) in [5.41, 5.74) is 1.19. The van der Waals surface area contributed by atoms with Crippen molar-refractivity contribution in [2.45, 2.75) is 6.42 Å². The highest BCUT2D eigenvalue weighted by atomic mass is 32.2. The van der Waals surface area contributed by atoms with Crippen LogP contribution in [0.2, 0.25) is 0 Å². The lowest BCUT2D eigenvalue weighted by molar-refractivity contribution is 0.586. The van der Waals surface area contributed by atoms with Gasteiger partial charge in [-0.05, 0) is 12.5 Å². The van der Waals surface area contributed by atoms with E-state index in [1.54, 1.807) is 18.5 Å². The molecule has 92 valence electrons. The zero-order valence-electron chi connectivity index (χ0n) is 9.47. The van der Waals surface area contributed by atoms with Gasteiger partial charge in [-0.25, -0.2) is 13.1 Å². The summed E-state index contributed by atoms with van der Waals surface area (Å²) in [7, 11) is -3.12. The smallest absolute Gasteiger partial charge is 0.208 e. The molecule has 0 atom stereocenters. The summed E-state index contributed by atoms with van der Waals surface area (Å²) in [6.45, 7) is 0.941. The van der Waals surface area contributed by atoms with Crippen LogP contribution in [0.25, 0.3) is 0 Å². The van der Waals surface area contributed by atoms with Gasteiger partial charge in [-0.2, -0.15) is 5.26 Å². The zero-order chi connectivity index (χ0) is 12.7. The first-order valence-electron chi connectivity index (χ1n) is 5.05. The monoisotopic (exact) mass is 254 g/mol. The van der Waals surface area contributed by atoms with E-state index >= 15 is 0 Å². The fourth-order valence-corrected chi connectivity index (χ4v) is 1.72. The van der Waals surface area contributed by atoms with Gasteiger partial charge < -0.3 is 5.32 Å². The Kier molecular flexibility index (Phi) is 4.87. The third-order valence-corrected chi connectivity index (χ3v) is 2.70. The molecule has 0 aliphatic rings. The Labute approximate surface area is 101 Å². The van der Waals surface area contributed by atoms with E-state index in [-0.39, 0.29) is 0 Å². The summed E-state index contributed by atoms with van der Waals surface area (Å²) in [4.78, 5) is 3.91. The van der Waals surface area contributed by atoms with Gasteiger partial charge in [-0.1, -0.05) is 0 Å². The lowest BCUT2D eigenvalue weighted by atomic mass is 10.2. The second kappa shape index (κ2) is 6.18. The summed E-state index contributed by atoms with van der Waals surface area (Å²) in [6, 6.07) is 3.67. The molecule has 0 saturated carbocycles. The number of nitriles is 1. The van der Waals surface area contributed by atoms with Crippen molar-refractivity contribution in [1.29, 1.82) is 5.26 Å². The summed E-state index contributed by atoms with van der Waals surface area (Å²) in [5, 5.41) is 11.8. The molecule has 7 heteroatoms. The minimum Gasteiger partial charge on any atom is -0.383 e. The van der Waals surface area contributed by atoms with Gasteiger partial charge in [-0.15, -0.1) is 0 Å². The first-order chi connectivity index (χ1) is 8.03. The van der Waals surface area contributed by atoms with E-state index in [0.717, 1.165) is 6.26 Å². The number of sulfonamides is 1. The van der Waals surface area contributed by atoms with Crippen LogP contribution in [-0.4, -0.2) is 32.7 Å². The molecular weight excluding hydrogens is 240 g/mol. The van der Waals surface area contributed by atoms with E-state index in [1.165, 1.54) is 0 Å². The van der Waals surface area contributed by atoms with Crippen molar-refractivity contribution in [1.82, 2.24) is 9.71 Å². The van der Waals surface area contributed by atoms with Crippen molar-refractivity contribution in [3.63, 3.8) is 0 Å². The molecule has 1 aromatic rings. The SMILES string of the molecule is CS(=O)(=O)NCCCNc1cnccc1C#N. The molecule has 0 aliphatic carbocycles. The normalized spacial score (nSPS) is 10.8. The van der Waals surface area contributed by atoms with Crippen molar-refractivity contribution in [3.8, 4) is 6.07 Å². The fourth-order valence-electron chi connectivity index (χ4n) is 1.20. The fraction of sp³-hybridized carbons (Fsp3) is 0.400. The Morgan fingerprint density at radius 1 is 1.47 bits per heavy atom. The number of rotatable bonds is 6. The largest absolute Gasteiger partial charge is 0.383 e. The molecule has 0 unspecified atom stereocenters. The Morgan fingerprint density at radius 2 is 2.24 bits per heavy atom. The van der Waals surface area contributed by atoms with Crippen LogP contribution in [0, 0.1) is 11.3 Å². The highest BCUT2D eigenvalue weighted by Crippen LogP contribution is 2.11. The number of aromatic nitrogens is 1. The minimum atomic E-state index is -3.12. The van der Waals surface area contributed by atoms with Crippen molar-refractivity contribution in [3.05, 3.63) is 24.0 Å². The quantitative estimate of drug-likeness (QED) is 0.712. The third kappa shape index (κ3) is 5.29. The second-order valence-electron chi connectivity index (χ2n) is 3.48. The van der Waals surface area contributed by atoms with Crippen molar-refractivity contribution in [2.75, 3.05) is 24.7 Å². The predicted octanol–water partition coefficient (Wildman–Crippen LogP) is 0.304. The Balaban J connectivity index is 2.34. The molecule has 0 amide bonds. The number of hydrogen-bond donors (Lipinski definition) is 2. The molecule has 1 aromatic heterocycles. The van der Waals surface area contributed by atoms with E-state index < -0.39 is 10.0 Å². The van der Waals surface area contributed by atoms with Crippen LogP contribution in [0.5, 0.6) is 0 Å². The van der Waals surface area contributed by atoms with Crippen LogP contribution < -0.4 is 10.0 Å². The van der Waals surface area contributed by atoms with Crippen LogP contribution in [0.4, 0.5) is 5.69 Å². The maximum absolute atomic E-state index is 10.8. The van der Waals surface area contributed by atoms with Crippen LogP contribution in [0.15, 0.2) is 18.5 Å². The average Bonchev–Trinajstić information content (AvgIpc) is 2.27. The van der Waals surface area contributed by atoms with E-state index in [0.29, 0.717) is 30.8 Å². The molecule has 0 aromatic carbocycles. The van der Waals surface area contributed by atoms with Gasteiger partial charge in [0.15, 0.2) is 0 Å². The van der Waals surface area contributed by atoms with Crippen LogP contribution in [-0.2, 0) is 10.0 Å². The van der Waals surface area contributed by atoms with E-state index in [9.17, 15) is 8.42 Å². The average molecular weight is 254 g/mol. The summed E-state index contributed by atoms with van der Waals surface area (Å²) in [5.74, 6) is 0. The maximum atomic E-state index is 10.8. The second-order valence-corrected chi connectivity index (χ2v) is 5.31. The highest BCUT2D eigenvalue weighted by Gasteiger charge is 2.01. The third-order valence-electron chi connectivity index (χ3n) is 1.97. The molecule has 1 heterocycles. The molecule has 0 saturated heterocycles. The molecule has 0 radical (unpaired) electrons.